The van der Waals surface area contributed by atoms with Gasteiger partial charge in [0.1, 0.15) is 5.82 Å². The van der Waals surface area contributed by atoms with E-state index in [0.29, 0.717) is 31.6 Å². The summed E-state index contributed by atoms with van der Waals surface area (Å²) in [4.78, 5) is 16.6. The van der Waals surface area contributed by atoms with Gasteiger partial charge in [0, 0.05) is 32.2 Å². The van der Waals surface area contributed by atoms with Crippen LogP contribution in [0.25, 0.3) is 11.0 Å². The third kappa shape index (κ3) is 3.09. The van der Waals surface area contributed by atoms with E-state index in [9.17, 15) is 13.2 Å². The minimum absolute atomic E-state index is 0.205. The van der Waals surface area contributed by atoms with Crippen molar-refractivity contribution >= 4 is 27.0 Å². The molecule has 3 rings (SSSR count). The van der Waals surface area contributed by atoms with Crippen LogP contribution >= 0.6 is 0 Å². The molecule has 2 aromatic rings. The standard InChI is InChI=1S/C15H20N4O3S/c1-11-17-13-10-12(4-5-14(13)18(11)2)15(20)16-6-8-19-7-3-9-23(19,21)22/h4-5,10H,3,6-9H2,1-2H3,(H,16,20). The minimum atomic E-state index is -3.11. The quantitative estimate of drug-likeness (QED) is 0.888. The molecule has 2 heterocycles. The van der Waals surface area contributed by atoms with Crippen LogP contribution in [0.5, 0.6) is 0 Å². The third-order valence-electron chi connectivity index (χ3n) is 4.22. The zero-order chi connectivity index (χ0) is 16.6. The molecule has 0 spiro atoms. The van der Waals surface area contributed by atoms with Crippen molar-refractivity contribution in [3.63, 3.8) is 0 Å². The zero-order valence-electron chi connectivity index (χ0n) is 13.2. The number of nitrogens with zero attached hydrogens (tertiary/aromatic N) is 3. The summed E-state index contributed by atoms with van der Waals surface area (Å²) in [7, 11) is -1.18. The molecule has 0 atom stereocenters. The van der Waals surface area contributed by atoms with E-state index in [0.717, 1.165) is 16.9 Å². The summed E-state index contributed by atoms with van der Waals surface area (Å²) < 4.78 is 26.8. The van der Waals surface area contributed by atoms with Gasteiger partial charge in [-0.05, 0) is 31.5 Å². The number of aromatic nitrogens is 2. The lowest BCUT2D eigenvalue weighted by atomic mass is 10.2. The Morgan fingerprint density at radius 1 is 1.39 bits per heavy atom. The first-order valence-corrected chi connectivity index (χ1v) is 9.18. The Morgan fingerprint density at radius 3 is 2.87 bits per heavy atom. The highest BCUT2D eigenvalue weighted by molar-refractivity contribution is 7.89. The van der Waals surface area contributed by atoms with Crippen LogP contribution in [0.2, 0.25) is 0 Å². The fourth-order valence-electron chi connectivity index (χ4n) is 2.80. The normalized spacial score (nSPS) is 17.7. The van der Waals surface area contributed by atoms with Gasteiger partial charge in [-0.3, -0.25) is 4.79 Å². The van der Waals surface area contributed by atoms with Gasteiger partial charge < -0.3 is 9.88 Å². The summed E-state index contributed by atoms with van der Waals surface area (Å²) in [5, 5.41) is 2.77. The van der Waals surface area contributed by atoms with Gasteiger partial charge in [-0.1, -0.05) is 0 Å². The number of carbonyl (C=O) groups excluding carboxylic acids is 1. The number of carbonyl (C=O) groups is 1. The number of nitrogens with one attached hydrogen (secondary N) is 1. The van der Waals surface area contributed by atoms with Crippen LogP contribution in [-0.2, 0) is 17.1 Å². The van der Waals surface area contributed by atoms with E-state index in [-0.39, 0.29) is 11.7 Å². The highest BCUT2D eigenvalue weighted by Crippen LogP contribution is 2.16. The van der Waals surface area contributed by atoms with Crippen LogP contribution in [0, 0.1) is 6.92 Å². The summed E-state index contributed by atoms with van der Waals surface area (Å²) in [6, 6.07) is 5.38. The minimum Gasteiger partial charge on any atom is -0.351 e. The molecular weight excluding hydrogens is 316 g/mol. The first kappa shape index (κ1) is 15.9. The molecule has 1 fully saturated rings. The lowest BCUT2D eigenvalue weighted by Gasteiger charge is -2.14. The van der Waals surface area contributed by atoms with E-state index in [1.165, 1.54) is 4.31 Å². The fraction of sp³-hybridized carbons (Fsp3) is 0.467. The number of fused-ring (bicyclic) bond motifs is 1. The van der Waals surface area contributed by atoms with Gasteiger partial charge in [-0.2, -0.15) is 0 Å². The number of hydrogen-bond donors (Lipinski definition) is 1. The highest BCUT2D eigenvalue weighted by atomic mass is 32.2. The second-order valence-electron chi connectivity index (χ2n) is 5.75. The van der Waals surface area contributed by atoms with E-state index in [1.807, 2.05) is 24.6 Å². The molecule has 23 heavy (non-hydrogen) atoms. The maximum Gasteiger partial charge on any atom is 0.251 e. The van der Waals surface area contributed by atoms with Crippen molar-refractivity contribution in [1.82, 2.24) is 19.2 Å². The molecule has 0 radical (unpaired) electrons. The van der Waals surface area contributed by atoms with Crippen molar-refractivity contribution in [2.75, 3.05) is 25.4 Å². The first-order chi connectivity index (χ1) is 10.9. The van der Waals surface area contributed by atoms with Gasteiger partial charge in [0.15, 0.2) is 0 Å². The van der Waals surface area contributed by atoms with Crippen molar-refractivity contribution in [1.29, 1.82) is 0 Å². The maximum atomic E-state index is 12.2. The van der Waals surface area contributed by atoms with Crippen LogP contribution in [0.1, 0.15) is 22.6 Å². The summed E-state index contributed by atoms with van der Waals surface area (Å²) in [5.41, 5.74) is 2.28. The van der Waals surface area contributed by atoms with Gasteiger partial charge in [0.25, 0.3) is 5.91 Å². The molecule has 0 saturated carbocycles. The third-order valence-corrected chi connectivity index (χ3v) is 6.17. The molecule has 124 valence electrons. The van der Waals surface area contributed by atoms with E-state index in [1.54, 1.807) is 12.1 Å². The molecule has 0 bridgehead atoms. The molecular formula is C15H20N4O3S. The van der Waals surface area contributed by atoms with E-state index < -0.39 is 10.0 Å². The van der Waals surface area contributed by atoms with Gasteiger partial charge in [-0.25, -0.2) is 17.7 Å². The largest absolute Gasteiger partial charge is 0.351 e. The van der Waals surface area contributed by atoms with E-state index >= 15 is 0 Å². The monoisotopic (exact) mass is 336 g/mol. The van der Waals surface area contributed by atoms with Gasteiger partial charge >= 0.3 is 0 Å². The predicted molar refractivity (Wildman–Crippen MR) is 87.8 cm³/mol. The molecule has 1 aromatic heterocycles. The number of amides is 1. The average molecular weight is 336 g/mol. The van der Waals surface area contributed by atoms with Crippen LogP contribution in [0.3, 0.4) is 0 Å². The molecule has 7 nitrogen and oxygen atoms in total. The van der Waals surface area contributed by atoms with Gasteiger partial charge in [0.05, 0.1) is 16.8 Å². The highest BCUT2D eigenvalue weighted by Gasteiger charge is 2.27. The average Bonchev–Trinajstić information content (AvgIpc) is 2.98. The SMILES string of the molecule is Cc1nc2cc(C(=O)NCCN3CCCS3(=O)=O)ccc2n1C. The number of imidazole rings is 1. The number of aryl methyl sites for hydroxylation is 2. The summed E-state index contributed by atoms with van der Waals surface area (Å²) in [5.74, 6) is 0.875. The molecule has 1 amide bonds. The number of rotatable bonds is 4. The van der Waals surface area contributed by atoms with Crippen molar-refractivity contribution in [2.24, 2.45) is 7.05 Å². The molecule has 1 aromatic carbocycles. The second-order valence-corrected chi connectivity index (χ2v) is 7.83. The van der Waals surface area contributed by atoms with Crippen molar-refractivity contribution in [2.45, 2.75) is 13.3 Å². The molecule has 1 aliphatic rings. The molecule has 8 heteroatoms. The number of sulfonamides is 1. The van der Waals surface area contributed by atoms with Crippen LogP contribution in [0.4, 0.5) is 0 Å². The lowest BCUT2D eigenvalue weighted by Crippen LogP contribution is -2.35. The Balaban J connectivity index is 1.64. The topological polar surface area (TPSA) is 84.3 Å². The Bertz CT molecular complexity index is 857. The second kappa shape index (κ2) is 5.93. The van der Waals surface area contributed by atoms with Crippen LogP contribution in [-0.4, -0.2) is 53.6 Å². The van der Waals surface area contributed by atoms with E-state index in [4.69, 9.17) is 0 Å². The van der Waals surface area contributed by atoms with Crippen LogP contribution in [0.15, 0.2) is 18.2 Å². The first-order valence-electron chi connectivity index (χ1n) is 7.57. The smallest absolute Gasteiger partial charge is 0.251 e. The molecule has 1 saturated heterocycles. The van der Waals surface area contributed by atoms with Crippen LogP contribution < -0.4 is 5.32 Å². The van der Waals surface area contributed by atoms with Crippen molar-refractivity contribution in [3.8, 4) is 0 Å². The zero-order valence-corrected chi connectivity index (χ0v) is 14.1. The predicted octanol–water partition coefficient (Wildman–Crippen LogP) is 0.647. The molecule has 0 unspecified atom stereocenters. The molecule has 0 aliphatic carbocycles. The van der Waals surface area contributed by atoms with Gasteiger partial charge in [0.2, 0.25) is 10.0 Å². The van der Waals surface area contributed by atoms with Gasteiger partial charge in [-0.15, -0.1) is 0 Å². The summed E-state index contributed by atoms with van der Waals surface area (Å²) in [6.07, 6.45) is 0.659. The fourth-order valence-corrected chi connectivity index (χ4v) is 4.33. The number of benzene rings is 1. The summed E-state index contributed by atoms with van der Waals surface area (Å²) in [6.45, 7) is 3.07. The Labute approximate surface area is 135 Å². The Kier molecular flexibility index (Phi) is 4.11. The van der Waals surface area contributed by atoms with Crippen molar-refractivity contribution < 1.29 is 13.2 Å². The Morgan fingerprint density at radius 2 is 2.17 bits per heavy atom. The molecule has 1 N–H and O–H groups in total. The summed E-state index contributed by atoms with van der Waals surface area (Å²) >= 11 is 0. The lowest BCUT2D eigenvalue weighted by molar-refractivity contribution is 0.0952. The van der Waals surface area contributed by atoms with E-state index in [2.05, 4.69) is 10.3 Å². The van der Waals surface area contributed by atoms with Crippen molar-refractivity contribution in [3.05, 3.63) is 29.6 Å². The molecule has 1 aliphatic heterocycles. The number of hydrogen-bond acceptors (Lipinski definition) is 4. The Hall–Kier alpha value is -1.93. The maximum absolute atomic E-state index is 12.2.